The van der Waals surface area contributed by atoms with Crippen LogP contribution in [0.25, 0.3) is 0 Å². The summed E-state index contributed by atoms with van der Waals surface area (Å²) in [5.41, 5.74) is 3.60. The Hall–Kier alpha value is -3.55. The highest BCUT2D eigenvalue weighted by atomic mass is 19.1. The first kappa shape index (κ1) is 27.5. The molecular formula is C29H33FN4O4. The van der Waals surface area contributed by atoms with Gasteiger partial charge in [-0.2, -0.15) is 0 Å². The summed E-state index contributed by atoms with van der Waals surface area (Å²) >= 11 is 0. The number of alkyl halides is 1. The fourth-order valence-corrected chi connectivity index (χ4v) is 4.33. The van der Waals surface area contributed by atoms with Crippen molar-refractivity contribution in [2.75, 3.05) is 39.9 Å². The Morgan fingerprint density at radius 2 is 1.79 bits per heavy atom. The Labute approximate surface area is 221 Å². The van der Waals surface area contributed by atoms with Gasteiger partial charge in [-0.1, -0.05) is 36.1 Å². The van der Waals surface area contributed by atoms with Crippen LogP contribution in [-0.4, -0.2) is 77.3 Å². The molecule has 200 valence electrons. The van der Waals surface area contributed by atoms with Crippen LogP contribution in [0.5, 0.6) is 5.75 Å². The van der Waals surface area contributed by atoms with E-state index in [9.17, 15) is 14.3 Å². The molecule has 1 aliphatic heterocycles. The maximum absolute atomic E-state index is 13.5. The number of aromatic nitrogens is 2. The molecule has 0 aliphatic carbocycles. The number of methoxy groups -OCH3 is 1. The lowest BCUT2D eigenvalue weighted by molar-refractivity contribution is -0.0333. The van der Waals surface area contributed by atoms with Crippen molar-refractivity contribution in [2.24, 2.45) is 0 Å². The first-order valence-electron chi connectivity index (χ1n) is 12.6. The Morgan fingerprint density at radius 3 is 2.42 bits per heavy atom. The van der Waals surface area contributed by atoms with Gasteiger partial charge in [-0.15, -0.1) is 0 Å². The molecule has 2 atom stereocenters. The van der Waals surface area contributed by atoms with E-state index in [0.29, 0.717) is 12.6 Å². The van der Waals surface area contributed by atoms with E-state index < -0.39 is 24.1 Å². The van der Waals surface area contributed by atoms with Crippen molar-refractivity contribution in [1.82, 2.24) is 20.2 Å². The molecule has 4 rings (SSSR count). The normalized spacial score (nSPS) is 15.3. The zero-order valence-corrected chi connectivity index (χ0v) is 21.4. The number of halogens is 1. The summed E-state index contributed by atoms with van der Waals surface area (Å²) in [6, 6.07) is 15.9. The van der Waals surface area contributed by atoms with Gasteiger partial charge in [0.2, 0.25) is 5.75 Å². The maximum atomic E-state index is 13.5. The summed E-state index contributed by atoms with van der Waals surface area (Å²) in [6.45, 7) is 2.64. The number of nitrogens with zero attached hydrogens (tertiary/aromatic N) is 2. The Bertz CT molecular complexity index is 1300. The smallest absolute Gasteiger partial charge is 0.293 e. The third-order valence-corrected chi connectivity index (χ3v) is 6.65. The number of nitrogens with one attached hydrogen (secondary N) is 2. The molecule has 0 spiro atoms. The lowest BCUT2D eigenvalue weighted by Gasteiger charge is -2.38. The number of aromatic amines is 1. The summed E-state index contributed by atoms with van der Waals surface area (Å²) in [5, 5.41) is 22.1. The number of hydrogen-bond donors (Lipinski definition) is 4. The second-order valence-electron chi connectivity index (χ2n) is 9.49. The molecule has 8 nitrogen and oxygen atoms in total. The number of aliphatic hydroxyl groups excluding tert-OH is 1. The van der Waals surface area contributed by atoms with Crippen molar-refractivity contribution in [3.8, 4) is 17.6 Å². The van der Waals surface area contributed by atoms with Crippen molar-refractivity contribution in [1.29, 1.82) is 0 Å². The number of benzene rings is 2. The molecule has 0 radical (unpaired) electrons. The van der Waals surface area contributed by atoms with Crippen LogP contribution in [0.2, 0.25) is 0 Å². The minimum Gasteiger partial charge on any atom is -0.502 e. The van der Waals surface area contributed by atoms with Crippen LogP contribution in [0.4, 0.5) is 4.39 Å². The van der Waals surface area contributed by atoms with Crippen LogP contribution in [0.1, 0.15) is 33.9 Å². The van der Waals surface area contributed by atoms with Crippen LogP contribution < -0.4 is 10.9 Å². The average Bonchev–Trinajstić information content (AvgIpc) is 2.92. The van der Waals surface area contributed by atoms with Crippen molar-refractivity contribution >= 4 is 0 Å². The first-order valence-corrected chi connectivity index (χ1v) is 12.6. The molecule has 1 aliphatic rings. The molecule has 4 N–H and O–H groups in total. The first-order chi connectivity index (χ1) is 18.4. The van der Waals surface area contributed by atoms with Crippen LogP contribution in [0.3, 0.4) is 0 Å². The van der Waals surface area contributed by atoms with E-state index in [0.717, 1.165) is 36.3 Å². The lowest BCUT2D eigenvalue weighted by Crippen LogP contribution is -2.50. The van der Waals surface area contributed by atoms with Crippen molar-refractivity contribution < 1.29 is 19.3 Å². The van der Waals surface area contributed by atoms with E-state index in [2.05, 4.69) is 44.2 Å². The standard InChI is InChI=1S/C29H33FN4O4/c1-38-26-16-34(17-26)15-22-6-4-20(5-7-22)2-3-21-8-10-23(11-9-21)24(13-31-14-25(30)18-35)12-27-28(36)29(37)33-19-32-27/h4-11,19,24-26,31,35-36H,12-18H2,1H3,(H,32,33,37). The summed E-state index contributed by atoms with van der Waals surface area (Å²) in [5.74, 6) is 5.77. The Balaban J connectivity index is 1.41. The summed E-state index contributed by atoms with van der Waals surface area (Å²) < 4.78 is 18.8. The van der Waals surface area contributed by atoms with E-state index >= 15 is 0 Å². The fraction of sp³-hybridized carbons (Fsp3) is 0.379. The number of likely N-dealkylation sites (tertiary alicyclic amines) is 1. The second kappa shape index (κ2) is 13.3. The molecule has 1 aromatic heterocycles. The largest absolute Gasteiger partial charge is 0.502 e. The zero-order chi connectivity index (χ0) is 26.9. The van der Waals surface area contributed by atoms with E-state index in [4.69, 9.17) is 9.84 Å². The minimum atomic E-state index is -1.37. The molecule has 9 heteroatoms. The quantitative estimate of drug-likeness (QED) is 0.286. The SMILES string of the molecule is COC1CN(Cc2ccc(C#Cc3ccc(C(CNCC(F)CO)Cc4nc[nH]c(=O)c4O)cc3)cc2)C1. The predicted molar refractivity (Wildman–Crippen MR) is 143 cm³/mol. The summed E-state index contributed by atoms with van der Waals surface area (Å²) in [4.78, 5) is 20.6. The van der Waals surface area contributed by atoms with Gasteiger partial charge in [-0.3, -0.25) is 9.69 Å². The monoisotopic (exact) mass is 520 g/mol. The molecule has 0 saturated carbocycles. The van der Waals surface area contributed by atoms with Gasteiger partial charge >= 0.3 is 0 Å². The van der Waals surface area contributed by atoms with Crippen molar-refractivity contribution in [3.05, 3.63) is 93.2 Å². The third kappa shape index (κ3) is 7.49. The van der Waals surface area contributed by atoms with Gasteiger partial charge < -0.3 is 25.3 Å². The molecule has 3 aromatic rings. The van der Waals surface area contributed by atoms with Crippen molar-refractivity contribution in [2.45, 2.75) is 31.2 Å². The van der Waals surface area contributed by atoms with Crippen LogP contribution in [0.15, 0.2) is 59.7 Å². The average molecular weight is 521 g/mol. The Kier molecular flexibility index (Phi) is 9.62. The fourth-order valence-electron chi connectivity index (χ4n) is 4.33. The van der Waals surface area contributed by atoms with Gasteiger partial charge in [0.05, 0.1) is 24.7 Å². The van der Waals surface area contributed by atoms with E-state index in [1.165, 1.54) is 11.9 Å². The second-order valence-corrected chi connectivity index (χ2v) is 9.49. The molecule has 1 saturated heterocycles. The molecule has 2 aromatic carbocycles. The van der Waals surface area contributed by atoms with E-state index in [-0.39, 0.29) is 24.6 Å². The Morgan fingerprint density at radius 1 is 1.13 bits per heavy atom. The number of rotatable bonds is 11. The highest BCUT2D eigenvalue weighted by molar-refractivity contribution is 5.44. The van der Waals surface area contributed by atoms with Crippen molar-refractivity contribution in [3.63, 3.8) is 0 Å². The van der Waals surface area contributed by atoms with Gasteiger partial charge in [-0.25, -0.2) is 9.37 Å². The van der Waals surface area contributed by atoms with E-state index in [1.807, 2.05) is 36.4 Å². The van der Waals surface area contributed by atoms with Gasteiger partial charge in [0.15, 0.2) is 0 Å². The predicted octanol–water partition coefficient (Wildman–Crippen LogP) is 1.95. The maximum Gasteiger partial charge on any atom is 0.293 e. The zero-order valence-electron chi connectivity index (χ0n) is 21.4. The van der Waals surface area contributed by atoms with Gasteiger partial charge in [0, 0.05) is 63.3 Å². The third-order valence-electron chi connectivity index (χ3n) is 6.65. The van der Waals surface area contributed by atoms with Gasteiger partial charge in [0.1, 0.15) is 6.17 Å². The molecule has 1 fully saturated rings. The highest BCUT2D eigenvalue weighted by Gasteiger charge is 2.25. The number of aromatic hydroxyl groups is 1. The molecule has 2 heterocycles. The number of H-pyrrole nitrogens is 1. The summed E-state index contributed by atoms with van der Waals surface area (Å²) in [6.07, 6.45) is 0.503. The van der Waals surface area contributed by atoms with Gasteiger partial charge in [0.25, 0.3) is 5.56 Å². The number of aliphatic hydroxyl groups is 1. The molecular weight excluding hydrogens is 487 g/mol. The minimum absolute atomic E-state index is 0.00413. The molecule has 0 bridgehead atoms. The lowest BCUT2D eigenvalue weighted by atomic mass is 9.93. The summed E-state index contributed by atoms with van der Waals surface area (Å²) in [7, 11) is 1.75. The molecule has 2 unspecified atom stereocenters. The van der Waals surface area contributed by atoms with Crippen LogP contribution in [0, 0.1) is 11.8 Å². The topological polar surface area (TPSA) is 111 Å². The molecule has 38 heavy (non-hydrogen) atoms. The van der Waals surface area contributed by atoms with Crippen LogP contribution in [-0.2, 0) is 17.7 Å². The van der Waals surface area contributed by atoms with Gasteiger partial charge in [-0.05, 0) is 35.4 Å². The van der Waals surface area contributed by atoms with E-state index in [1.54, 1.807) is 7.11 Å². The number of hydrogen-bond acceptors (Lipinski definition) is 7. The number of ether oxygens (including phenoxy) is 1. The highest BCUT2D eigenvalue weighted by Crippen LogP contribution is 2.23. The van der Waals surface area contributed by atoms with Crippen LogP contribution >= 0.6 is 0 Å². The molecule has 0 amide bonds.